The van der Waals surface area contributed by atoms with Gasteiger partial charge in [-0.15, -0.1) is 0 Å². The van der Waals surface area contributed by atoms with Crippen molar-refractivity contribution in [2.75, 3.05) is 0 Å². The van der Waals surface area contributed by atoms with Crippen LogP contribution in [0.25, 0.3) is 0 Å². The zero-order chi connectivity index (χ0) is 16.9. The Labute approximate surface area is 140 Å². The van der Waals surface area contributed by atoms with Gasteiger partial charge in [-0.05, 0) is 60.3 Å². The van der Waals surface area contributed by atoms with Crippen molar-refractivity contribution in [2.45, 2.75) is 81.1 Å². The molecule has 1 rings (SSSR count). The fraction of sp³-hybridized carbons (Fsp3) is 0.818. The van der Waals surface area contributed by atoms with E-state index in [-0.39, 0.29) is 0 Å². The quantitative estimate of drug-likeness (QED) is 0.414. The largest absolute Gasteiger partial charge is 0.0845 e. The van der Waals surface area contributed by atoms with Crippen LogP contribution in [-0.4, -0.2) is 0 Å². The summed E-state index contributed by atoms with van der Waals surface area (Å²) in [6, 6.07) is 0. The molecule has 0 nitrogen and oxygen atoms in total. The second-order valence-electron chi connectivity index (χ2n) is 7.92. The van der Waals surface area contributed by atoms with Crippen molar-refractivity contribution < 1.29 is 0 Å². The molecule has 0 aromatic heterocycles. The van der Waals surface area contributed by atoms with Gasteiger partial charge in [0.05, 0.1) is 0 Å². The van der Waals surface area contributed by atoms with Gasteiger partial charge in [0.15, 0.2) is 0 Å². The van der Waals surface area contributed by atoms with E-state index in [0.29, 0.717) is 5.41 Å². The van der Waals surface area contributed by atoms with Crippen LogP contribution in [-0.2, 0) is 0 Å². The number of hydrogen-bond acceptors (Lipinski definition) is 0. The monoisotopic (exact) mass is 304 g/mol. The molecule has 0 spiro atoms. The summed E-state index contributed by atoms with van der Waals surface area (Å²) in [6.45, 7) is 19.2. The first-order valence-electron chi connectivity index (χ1n) is 9.69. The van der Waals surface area contributed by atoms with Crippen LogP contribution in [0.2, 0.25) is 0 Å². The zero-order valence-electron chi connectivity index (χ0n) is 16.4. The van der Waals surface area contributed by atoms with Crippen molar-refractivity contribution in [1.29, 1.82) is 0 Å². The predicted molar refractivity (Wildman–Crippen MR) is 101 cm³/mol. The third-order valence-corrected chi connectivity index (χ3v) is 7.33. The van der Waals surface area contributed by atoms with Gasteiger partial charge < -0.3 is 0 Å². The number of rotatable bonds is 8. The SMILES string of the molecule is CC=C(C=CCC)C1CC(C(C)C(C)(CC)C(C)CC)C1C. The predicted octanol–water partition coefficient (Wildman–Crippen LogP) is 7.27. The fourth-order valence-electron chi connectivity index (χ4n) is 4.69. The summed E-state index contributed by atoms with van der Waals surface area (Å²) < 4.78 is 0. The molecule has 0 radical (unpaired) electrons. The van der Waals surface area contributed by atoms with Crippen LogP contribution >= 0.6 is 0 Å². The molecule has 0 aromatic carbocycles. The molecule has 1 fully saturated rings. The van der Waals surface area contributed by atoms with Crippen LogP contribution < -0.4 is 0 Å². The van der Waals surface area contributed by atoms with Crippen molar-refractivity contribution in [3.63, 3.8) is 0 Å². The normalized spacial score (nSPS) is 31.6. The van der Waals surface area contributed by atoms with Crippen molar-refractivity contribution in [3.05, 3.63) is 23.8 Å². The first-order valence-corrected chi connectivity index (χ1v) is 9.69. The Morgan fingerprint density at radius 3 is 2.27 bits per heavy atom. The third-order valence-electron chi connectivity index (χ3n) is 7.33. The maximum absolute atomic E-state index is 2.54. The molecule has 22 heavy (non-hydrogen) atoms. The highest BCUT2D eigenvalue weighted by atomic mass is 14.5. The molecule has 0 aromatic rings. The topological polar surface area (TPSA) is 0 Å². The molecular formula is C22H40. The first-order chi connectivity index (χ1) is 10.4. The summed E-state index contributed by atoms with van der Waals surface area (Å²) in [5.74, 6) is 4.16. The van der Waals surface area contributed by atoms with E-state index in [0.717, 1.165) is 36.0 Å². The van der Waals surface area contributed by atoms with E-state index in [1.807, 2.05) is 0 Å². The summed E-state index contributed by atoms with van der Waals surface area (Å²) in [7, 11) is 0. The molecule has 6 atom stereocenters. The molecular weight excluding hydrogens is 264 g/mol. The minimum Gasteiger partial charge on any atom is -0.0845 e. The van der Waals surface area contributed by atoms with Crippen LogP contribution in [0.15, 0.2) is 23.8 Å². The summed E-state index contributed by atoms with van der Waals surface area (Å²) >= 11 is 0. The Bertz CT molecular complexity index is 389. The first kappa shape index (κ1) is 19.5. The van der Waals surface area contributed by atoms with Gasteiger partial charge in [0.2, 0.25) is 0 Å². The molecule has 1 saturated carbocycles. The average Bonchev–Trinajstić information content (AvgIpc) is 2.54. The van der Waals surface area contributed by atoms with E-state index in [9.17, 15) is 0 Å². The fourth-order valence-corrected chi connectivity index (χ4v) is 4.69. The lowest BCUT2D eigenvalue weighted by atomic mass is 9.51. The number of allylic oxidation sites excluding steroid dienone is 4. The molecule has 128 valence electrons. The lowest BCUT2D eigenvalue weighted by Gasteiger charge is -2.53. The van der Waals surface area contributed by atoms with Gasteiger partial charge in [0.1, 0.15) is 0 Å². The minimum absolute atomic E-state index is 0.494. The van der Waals surface area contributed by atoms with Crippen LogP contribution in [0.5, 0.6) is 0 Å². The lowest BCUT2D eigenvalue weighted by Crippen LogP contribution is -2.46. The van der Waals surface area contributed by atoms with E-state index in [1.54, 1.807) is 5.57 Å². The van der Waals surface area contributed by atoms with Gasteiger partial charge in [-0.2, -0.15) is 0 Å². The van der Waals surface area contributed by atoms with E-state index >= 15 is 0 Å². The van der Waals surface area contributed by atoms with Gasteiger partial charge >= 0.3 is 0 Å². The molecule has 0 N–H and O–H groups in total. The van der Waals surface area contributed by atoms with Crippen LogP contribution in [0, 0.1) is 35.0 Å². The molecule has 1 aliphatic rings. The second kappa shape index (κ2) is 8.37. The van der Waals surface area contributed by atoms with Crippen LogP contribution in [0.3, 0.4) is 0 Å². The smallest absolute Gasteiger partial charge is 0.0134 e. The summed E-state index contributed by atoms with van der Waals surface area (Å²) in [6.07, 6.45) is 12.2. The van der Waals surface area contributed by atoms with Crippen LogP contribution in [0.4, 0.5) is 0 Å². The Hall–Kier alpha value is -0.520. The van der Waals surface area contributed by atoms with E-state index in [4.69, 9.17) is 0 Å². The molecule has 0 saturated heterocycles. The van der Waals surface area contributed by atoms with Crippen molar-refractivity contribution in [3.8, 4) is 0 Å². The zero-order valence-corrected chi connectivity index (χ0v) is 16.4. The molecule has 0 bridgehead atoms. The Morgan fingerprint density at radius 1 is 1.23 bits per heavy atom. The highest BCUT2D eigenvalue weighted by molar-refractivity contribution is 5.25. The molecule has 6 unspecified atom stereocenters. The Kier molecular flexibility index (Phi) is 7.42. The highest BCUT2D eigenvalue weighted by Gasteiger charge is 2.47. The summed E-state index contributed by atoms with van der Waals surface area (Å²) in [5, 5.41) is 0. The standard InChI is InChI=1S/C22H40/c1-9-13-14-19(11-3)21-15-20(17(21)6)18(7)22(8,12-4)16(5)10-2/h11,13-14,16-18,20-21H,9-10,12,15H2,1-8H3. The van der Waals surface area contributed by atoms with Crippen LogP contribution in [0.1, 0.15) is 81.1 Å². The highest BCUT2D eigenvalue weighted by Crippen LogP contribution is 2.55. The molecule has 0 heterocycles. The van der Waals surface area contributed by atoms with Gasteiger partial charge in [-0.3, -0.25) is 0 Å². The van der Waals surface area contributed by atoms with Gasteiger partial charge in [-0.25, -0.2) is 0 Å². The summed E-state index contributed by atoms with van der Waals surface area (Å²) in [4.78, 5) is 0. The van der Waals surface area contributed by atoms with Crippen molar-refractivity contribution in [1.82, 2.24) is 0 Å². The maximum atomic E-state index is 2.54. The van der Waals surface area contributed by atoms with Crippen molar-refractivity contribution in [2.24, 2.45) is 35.0 Å². The Morgan fingerprint density at radius 2 is 1.86 bits per heavy atom. The second-order valence-corrected chi connectivity index (χ2v) is 7.92. The average molecular weight is 305 g/mol. The van der Waals surface area contributed by atoms with Crippen molar-refractivity contribution >= 4 is 0 Å². The third kappa shape index (κ3) is 3.69. The molecule has 0 heteroatoms. The van der Waals surface area contributed by atoms with E-state index in [1.165, 1.54) is 19.3 Å². The van der Waals surface area contributed by atoms with E-state index in [2.05, 4.69) is 73.6 Å². The van der Waals surface area contributed by atoms with Gasteiger partial charge in [0.25, 0.3) is 0 Å². The molecule has 0 aliphatic heterocycles. The minimum atomic E-state index is 0.494. The number of hydrogen-bond donors (Lipinski definition) is 0. The molecule has 1 aliphatic carbocycles. The maximum Gasteiger partial charge on any atom is -0.0134 e. The lowest BCUT2D eigenvalue weighted by molar-refractivity contribution is -0.0260. The van der Waals surface area contributed by atoms with E-state index < -0.39 is 0 Å². The van der Waals surface area contributed by atoms with Gasteiger partial charge in [0, 0.05) is 0 Å². The molecule has 0 amide bonds. The van der Waals surface area contributed by atoms with Gasteiger partial charge in [-0.1, -0.05) is 79.5 Å². The Balaban J connectivity index is 2.80. The summed E-state index contributed by atoms with van der Waals surface area (Å²) in [5.41, 5.74) is 2.06.